The second-order valence-corrected chi connectivity index (χ2v) is 3.66. The van der Waals surface area contributed by atoms with Crippen LogP contribution in [0.15, 0.2) is 0 Å². The third-order valence-corrected chi connectivity index (χ3v) is 1.94. The lowest BCUT2D eigenvalue weighted by Gasteiger charge is -2.16. The highest BCUT2D eigenvalue weighted by atomic mass is 32.1. The van der Waals surface area contributed by atoms with Crippen molar-refractivity contribution in [1.29, 1.82) is 0 Å². The van der Waals surface area contributed by atoms with E-state index in [-0.39, 0.29) is 16.7 Å². The number of rotatable bonds is 3. The quantitative estimate of drug-likeness (QED) is 0.639. The first-order chi connectivity index (χ1) is 4.36. The summed E-state index contributed by atoms with van der Waals surface area (Å²) in [7, 11) is 0. The fourth-order valence-corrected chi connectivity index (χ4v) is 0.928. The summed E-state index contributed by atoms with van der Waals surface area (Å²) in [5.74, 6) is 0. The van der Waals surface area contributed by atoms with E-state index in [1.54, 1.807) is 13.8 Å². The maximum absolute atomic E-state index is 10.7. The van der Waals surface area contributed by atoms with Crippen molar-refractivity contribution >= 4 is 35.5 Å². The molecule has 0 heterocycles. The van der Waals surface area contributed by atoms with Crippen LogP contribution in [0.4, 0.5) is 0 Å². The summed E-state index contributed by atoms with van der Waals surface area (Å²) in [6, 6.07) is 0. The predicted molar refractivity (Wildman–Crippen MR) is 46.4 cm³/mol. The first-order valence-corrected chi connectivity index (χ1v) is 3.71. The predicted octanol–water partition coefficient (Wildman–Crippen LogP) is 1.32. The molecule has 0 amide bonds. The smallest absolute Gasteiger partial charge is 0.191 e. The van der Waals surface area contributed by atoms with Gasteiger partial charge in [-0.2, -0.15) is 0 Å². The highest BCUT2D eigenvalue weighted by Gasteiger charge is 2.26. The third kappa shape index (κ3) is 3.27. The van der Waals surface area contributed by atoms with Crippen LogP contribution in [0.5, 0.6) is 0 Å². The van der Waals surface area contributed by atoms with Crippen LogP contribution in [0.25, 0.3) is 0 Å². The molecule has 58 valence electrons. The molecule has 4 heteroatoms. The van der Waals surface area contributed by atoms with Crippen molar-refractivity contribution in [3.05, 3.63) is 0 Å². The first kappa shape index (κ1) is 10.0. The Labute approximate surface area is 71.2 Å². The van der Waals surface area contributed by atoms with Gasteiger partial charge in [-0.15, -0.1) is 25.3 Å². The summed E-state index contributed by atoms with van der Waals surface area (Å²) in [6.45, 7) is 3.33. The highest BCUT2D eigenvalue weighted by Crippen LogP contribution is 2.24. The van der Waals surface area contributed by atoms with Gasteiger partial charge in [0.25, 0.3) is 0 Å². The van der Waals surface area contributed by atoms with Gasteiger partial charge in [0, 0.05) is 11.8 Å². The minimum atomic E-state index is -0.679. The topological polar surface area (TPSA) is 34.1 Å². The van der Waals surface area contributed by atoms with Gasteiger partial charge in [-0.1, -0.05) is 13.8 Å². The van der Waals surface area contributed by atoms with Crippen LogP contribution in [0.3, 0.4) is 0 Å². The molecule has 0 bridgehead atoms. The summed E-state index contributed by atoms with van der Waals surface area (Å²) in [6.07, 6.45) is 0.137. The number of carbonyl (C=O) groups excluding carboxylic acids is 2. The highest BCUT2D eigenvalue weighted by molar-refractivity contribution is 7.97. The van der Waals surface area contributed by atoms with E-state index in [0.29, 0.717) is 0 Å². The minimum Gasteiger partial charge on any atom is -0.287 e. The zero-order chi connectivity index (χ0) is 8.36. The Kier molecular flexibility index (Phi) is 3.45. The zero-order valence-corrected chi connectivity index (χ0v) is 7.71. The fraction of sp³-hybridized carbons (Fsp3) is 0.667. The molecule has 0 saturated carbocycles. The fourth-order valence-electron chi connectivity index (χ4n) is 0.454. The summed E-state index contributed by atoms with van der Waals surface area (Å²) in [5.41, 5.74) is -0.679. The van der Waals surface area contributed by atoms with Crippen LogP contribution in [-0.4, -0.2) is 10.2 Å². The average molecular weight is 178 g/mol. The SMILES string of the molecule is CC(C)(CC(=O)S)C(=O)S. The molecule has 0 fully saturated rings. The summed E-state index contributed by atoms with van der Waals surface area (Å²) < 4.78 is 0. The number of thiol groups is 2. The molecule has 0 aromatic rings. The van der Waals surface area contributed by atoms with Crippen molar-refractivity contribution in [2.45, 2.75) is 20.3 Å². The van der Waals surface area contributed by atoms with Gasteiger partial charge in [-0.25, -0.2) is 0 Å². The van der Waals surface area contributed by atoms with Crippen LogP contribution >= 0.6 is 25.3 Å². The van der Waals surface area contributed by atoms with Crippen molar-refractivity contribution in [2.75, 3.05) is 0 Å². The molecular weight excluding hydrogens is 168 g/mol. The monoisotopic (exact) mass is 178 g/mol. The van der Waals surface area contributed by atoms with Gasteiger partial charge in [0.15, 0.2) is 10.2 Å². The van der Waals surface area contributed by atoms with Crippen molar-refractivity contribution in [3.63, 3.8) is 0 Å². The van der Waals surface area contributed by atoms with E-state index in [4.69, 9.17) is 0 Å². The lowest BCUT2D eigenvalue weighted by Crippen LogP contribution is -2.21. The Bertz CT molecular complexity index is 163. The van der Waals surface area contributed by atoms with Crippen molar-refractivity contribution < 1.29 is 9.59 Å². The van der Waals surface area contributed by atoms with E-state index in [9.17, 15) is 9.59 Å². The van der Waals surface area contributed by atoms with Crippen molar-refractivity contribution in [1.82, 2.24) is 0 Å². The Morgan fingerprint density at radius 2 is 1.70 bits per heavy atom. The van der Waals surface area contributed by atoms with E-state index in [1.165, 1.54) is 0 Å². The van der Waals surface area contributed by atoms with Gasteiger partial charge in [0.2, 0.25) is 0 Å². The molecule has 0 radical (unpaired) electrons. The third-order valence-electron chi connectivity index (χ3n) is 1.17. The minimum absolute atomic E-state index is 0.137. The van der Waals surface area contributed by atoms with Crippen LogP contribution in [-0.2, 0) is 9.59 Å². The average Bonchev–Trinajstić information content (AvgIpc) is 1.60. The molecule has 0 aromatic carbocycles. The standard InChI is InChI=1S/C6H10O2S2/c1-6(2,5(8)10)3-4(7)9/h3H2,1-2H3,(H,7,9)(H,8,10). The van der Waals surface area contributed by atoms with Gasteiger partial charge in [-0.3, -0.25) is 9.59 Å². The number of hydrogen-bond donors (Lipinski definition) is 2. The summed E-state index contributed by atoms with van der Waals surface area (Å²) in [4.78, 5) is 21.1. The second-order valence-electron chi connectivity index (χ2n) is 2.76. The number of hydrogen-bond acceptors (Lipinski definition) is 2. The molecule has 0 aromatic heterocycles. The van der Waals surface area contributed by atoms with E-state index >= 15 is 0 Å². The maximum atomic E-state index is 10.7. The molecule has 10 heavy (non-hydrogen) atoms. The molecule has 0 N–H and O–H groups in total. The van der Waals surface area contributed by atoms with Gasteiger partial charge in [0.1, 0.15) is 0 Å². The van der Waals surface area contributed by atoms with E-state index in [0.717, 1.165) is 0 Å². The van der Waals surface area contributed by atoms with E-state index in [1.807, 2.05) is 0 Å². The zero-order valence-electron chi connectivity index (χ0n) is 5.92. The van der Waals surface area contributed by atoms with Gasteiger partial charge >= 0.3 is 0 Å². The van der Waals surface area contributed by atoms with E-state index < -0.39 is 5.41 Å². The van der Waals surface area contributed by atoms with Crippen LogP contribution < -0.4 is 0 Å². The molecule has 0 aliphatic rings. The summed E-state index contributed by atoms with van der Waals surface area (Å²) >= 11 is 7.19. The molecular formula is C6H10O2S2. The largest absolute Gasteiger partial charge is 0.287 e. The first-order valence-electron chi connectivity index (χ1n) is 2.81. The lowest BCUT2D eigenvalue weighted by atomic mass is 9.92. The Morgan fingerprint density at radius 3 is 1.80 bits per heavy atom. The van der Waals surface area contributed by atoms with E-state index in [2.05, 4.69) is 25.3 Å². The van der Waals surface area contributed by atoms with Crippen molar-refractivity contribution in [2.24, 2.45) is 5.41 Å². The Morgan fingerprint density at radius 1 is 1.30 bits per heavy atom. The molecule has 0 aliphatic carbocycles. The molecule has 0 spiro atoms. The van der Waals surface area contributed by atoms with Crippen LogP contribution in [0.1, 0.15) is 20.3 Å². The molecule has 0 unspecified atom stereocenters. The number of carbonyl (C=O) groups is 2. The molecule has 0 aliphatic heterocycles. The van der Waals surface area contributed by atoms with Crippen molar-refractivity contribution in [3.8, 4) is 0 Å². The van der Waals surface area contributed by atoms with Gasteiger partial charge in [-0.05, 0) is 0 Å². The molecule has 2 nitrogen and oxygen atoms in total. The second kappa shape index (κ2) is 3.44. The maximum Gasteiger partial charge on any atom is 0.191 e. The van der Waals surface area contributed by atoms with Crippen LogP contribution in [0.2, 0.25) is 0 Å². The Balaban J connectivity index is 4.13. The van der Waals surface area contributed by atoms with Gasteiger partial charge < -0.3 is 0 Å². The van der Waals surface area contributed by atoms with Crippen LogP contribution in [0, 0.1) is 5.41 Å². The normalized spacial score (nSPS) is 11.2. The van der Waals surface area contributed by atoms with Gasteiger partial charge in [0.05, 0.1) is 0 Å². The lowest BCUT2D eigenvalue weighted by molar-refractivity contribution is -0.122. The molecule has 0 saturated heterocycles. The molecule has 0 atom stereocenters. The molecule has 0 rings (SSSR count). The Hall–Kier alpha value is 0.0400. The summed E-state index contributed by atoms with van der Waals surface area (Å²) in [5, 5.41) is -0.567.